The molecule has 27 heavy (non-hydrogen) atoms. The van der Waals surface area contributed by atoms with Crippen LogP contribution in [0.4, 0.5) is 0 Å². The minimum Gasteiger partial charge on any atom is -0.489 e. The molecule has 1 heterocycles. The van der Waals surface area contributed by atoms with Crippen LogP contribution in [0, 0.1) is 0 Å². The normalized spacial score (nSPS) is 13.1. The van der Waals surface area contributed by atoms with Crippen molar-refractivity contribution >= 4 is 16.3 Å². The van der Waals surface area contributed by atoms with Gasteiger partial charge in [0.2, 0.25) is 0 Å². The lowest BCUT2D eigenvalue weighted by Gasteiger charge is -2.28. The van der Waals surface area contributed by atoms with Crippen molar-refractivity contribution in [2.24, 2.45) is 0 Å². The van der Waals surface area contributed by atoms with Gasteiger partial charge in [0.15, 0.2) is 0 Å². The minimum atomic E-state index is 0.181. The van der Waals surface area contributed by atoms with E-state index < -0.39 is 0 Å². The average molecular weight is 348 g/mol. The summed E-state index contributed by atoms with van der Waals surface area (Å²) in [6.07, 6.45) is 2.25. The lowest BCUT2D eigenvalue weighted by atomic mass is 9.79. The molecule has 0 aliphatic carbocycles. The summed E-state index contributed by atoms with van der Waals surface area (Å²) < 4.78 is 6.01. The number of hydrogen-bond donors (Lipinski definition) is 0. The first kappa shape index (κ1) is 15.9. The molecule has 0 amide bonds. The van der Waals surface area contributed by atoms with Crippen molar-refractivity contribution in [3.8, 4) is 5.75 Å². The first-order valence-electron chi connectivity index (χ1n) is 9.37. The summed E-state index contributed by atoms with van der Waals surface area (Å²) >= 11 is 0. The molecule has 0 saturated heterocycles. The van der Waals surface area contributed by atoms with Crippen molar-refractivity contribution < 1.29 is 4.74 Å². The fourth-order valence-electron chi connectivity index (χ4n) is 4.10. The maximum Gasteiger partial charge on any atom is 0.127 e. The zero-order valence-electron chi connectivity index (χ0n) is 15.0. The van der Waals surface area contributed by atoms with Gasteiger partial charge in [-0.15, -0.1) is 0 Å². The lowest BCUT2D eigenvalue weighted by molar-refractivity contribution is 0.357. The predicted molar refractivity (Wildman–Crippen MR) is 112 cm³/mol. The highest BCUT2D eigenvalue weighted by Gasteiger charge is 2.26. The SMILES string of the molecule is C1=C(C(c2ccccc2)c2ccccc2)c2c(ccc3ccccc23)OC1. The summed E-state index contributed by atoms with van der Waals surface area (Å²) in [5, 5.41) is 2.49. The topological polar surface area (TPSA) is 9.23 Å². The molecule has 1 heteroatoms. The first-order chi connectivity index (χ1) is 13.4. The summed E-state index contributed by atoms with van der Waals surface area (Å²) in [5.74, 6) is 1.16. The van der Waals surface area contributed by atoms with Crippen LogP contribution >= 0.6 is 0 Å². The molecule has 0 unspecified atom stereocenters. The molecule has 0 N–H and O–H groups in total. The van der Waals surface area contributed by atoms with E-state index in [-0.39, 0.29) is 5.92 Å². The number of rotatable bonds is 3. The highest BCUT2D eigenvalue weighted by Crippen LogP contribution is 2.45. The molecule has 0 atom stereocenters. The fourth-order valence-corrected chi connectivity index (χ4v) is 4.10. The van der Waals surface area contributed by atoms with Gasteiger partial charge in [0.25, 0.3) is 0 Å². The van der Waals surface area contributed by atoms with Crippen molar-refractivity contribution in [3.63, 3.8) is 0 Å². The third-order valence-corrected chi connectivity index (χ3v) is 5.30. The van der Waals surface area contributed by atoms with Crippen LogP contribution in [0.5, 0.6) is 5.75 Å². The molecule has 4 aromatic rings. The van der Waals surface area contributed by atoms with E-state index in [4.69, 9.17) is 4.74 Å². The Morgan fingerprint density at radius 3 is 1.96 bits per heavy atom. The van der Waals surface area contributed by atoms with E-state index in [1.54, 1.807) is 0 Å². The van der Waals surface area contributed by atoms with Crippen LogP contribution < -0.4 is 4.74 Å². The van der Waals surface area contributed by atoms with E-state index in [1.165, 1.54) is 33.0 Å². The van der Waals surface area contributed by atoms with E-state index in [1.807, 2.05) is 0 Å². The molecule has 4 aromatic carbocycles. The van der Waals surface area contributed by atoms with Crippen LogP contribution in [0.2, 0.25) is 0 Å². The second-order valence-corrected chi connectivity index (χ2v) is 6.88. The van der Waals surface area contributed by atoms with E-state index in [0.717, 1.165) is 5.75 Å². The van der Waals surface area contributed by atoms with Gasteiger partial charge in [-0.25, -0.2) is 0 Å². The van der Waals surface area contributed by atoms with Gasteiger partial charge >= 0.3 is 0 Å². The lowest BCUT2D eigenvalue weighted by Crippen LogP contribution is -2.12. The standard InChI is InChI=1S/C26H20O/c1-3-10-20(11-4-1)25(21-12-5-2-6-13-21)23-17-18-27-24-16-15-19-9-7-8-14-22(19)26(23)24/h1-17,25H,18H2. The average Bonchev–Trinajstić information content (AvgIpc) is 2.75. The second-order valence-electron chi connectivity index (χ2n) is 6.88. The fraction of sp³-hybridized carbons (Fsp3) is 0.0769. The smallest absolute Gasteiger partial charge is 0.127 e. The number of ether oxygens (including phenoxy) is 1. The Labute approximate surface area is 159 Å². The Morgan fingerprint density at radius 2 is 1.26 bits per heavy atom. The number of fused-ring (bicyclic) bond motifs is 3. The van der Waals surface area contributed by atoms with Gasteiger partial charge in [-0.3, -0.25) is 0 Å². The Morgan fingerprint density at radius 1 is 0.630 bits per heavy atom. The monoisotopic (exact) mass is 348 g/mol. The zero-order chi connectivity index (χ0) is 18.1. The summed E-state index contributed by atoms with van der Waals surface area (Å²) in [7, 11) is 0. The van der Waals surface area contributed by atoms with Gasteiger partial charge in [0.1, 0.15) is 12.4 Å². The van der Waals surface area contributed by atoms with Crippen molar-refractivity contribution in [2.75, 3.05) is 6.61 Å². The Kier molecular flexibility index (Phi) is 3.99. The summed E-state index contributed by atoms with van der Waals surface area (Å²) in [5.41, 5.74) is 5.15. The van der Waals surface area contributed by atoms with Crippen molar-refractivity contribution in [1.29, 1.82) is 0 Å². The van der Waals surface area contributed by atoms with Crippen LogP contribution in [-0.4, -0.2) is 6.61 Å². The third kappa shape index (κ3) is 2.82. The second kappa shape index (κ2) is 6.77. The molecular weight excluding hydrogens is 328 g/mol. The molecule has 130 valence electrons. The van der Waals surface area contributed by atoms with E-state index >= 15 is 0 Å². The highest BCUT2D eigenvalue weighted by atomic mass is 16.5. The molecule has 1 nitrogen and oxygen atoms in total. The summed E-state index contributed by atoms with van der Waals surface area (Å²) in [4.78, 5) is 0. The molecule has 0 saturated carbocycles. The third-order valence-electron chi connectivity index (χ3n) is 5.30. The molecule has 0 fully saturated rings. The van der Waals surface area contributed by atoms with Crippen molar-refractivity contribution in [2.45, 2.75) is 5.92 Å². The molecule has 1 aliphatic rings. The van der Waals surface area contributed by atoms with Gasteiger partial charge in [-0.1, -0.05) is 91.0 Å². The Hall–Kier alpha value is -3.32. The molecule has 0 aromatic heterocycles. The van der Waals surface area contributed by atoms with E-state index in [9.17, 15) is 0 Å². The van der Waals surface area contributed by atoms with Crippen molar-refractivity contribution in [1.82, 2.24) is 0 Å². The zero-order valence-corrected chi connectivity index (χ0v) is 15.0. The summed E-state index contributed by atoms with van der Waals surface area (Å²) in [6.45, 7) is 0.608. The van der Waals surface area contributed by atoms with E-state index in [2.05, 4.69) is 103 Å². The Balaban J connectivity index is 1.77. The predicted octanol–water partition coefficient (Wildman–Crippen LogP) is 6.45. The largest absolute Gasteiger partial charge is 0.489 e. The number of hydrogen-bond acceptors (Lipinski definition) is 1. The van der Waals surface area contributed by atoms with Gasteiger partial charge in [-0.2, -0.15) is 0 Å². The van der Waals surface area contributed by atoms with Crippen LogP contribution in [0.25, 0.3) is 16.3 Å². The maximum absolute atomic E-state index is 6.01. The summed E-state index contributed by atoms with van der Waals surface area (Å²) in [6, 6.07) is 34.3. The van der Waals surface area contributed by atoms with Gasteiger partial charge < -0.3 is 4.74 Å². The molecule has 5 rings (SSSR count). The highest BCUT2D eigenvalue weighted by molar-refractivity contribution is 5.99. The molecule has 0 spiro atoms. The number of benzene rings is 4. The minimum absolute atomic E-state index is 0.181. The Bertz CT molecular complexity index is 1070. The number of allylic oxidation sites excluding steroid dienone is 1. The molecule has 0 radical (unpaired) electrons. The molecular formula is C26H20O. The van der Waals surface area contributed by atoms with Crippen LogP contribution in [-0.2, 0) is 0 Å². The molecule has 1 aliphatic heterocycles. The van der Waals surface area contributed by atoms with Gasteiger partial charge in [0, 0.05) is 11.5 Å². The maximum atomic E-state index is 6.01. The van der Waals surface area contributed by atoms with Gasteiger partial charge in [0.05, 0.1) is 0 Å². The van der Waals surface area contributed by atoms with Crippen LogP contribution in [0.3, 0.4) is 0 Å². The van der Waals surface area contributed by atoms with Crippen molar-refractivity contribution in [3.05, 3.63) is 120 Å². The van der Waals surface area contributed by atoms with Gasteiger partial charge in [-0.05, 0) is 39.6 Å². The first-order valence-corrected chi connectivity index (χ1v) is 9.37. The van der Waals surface area contributed by atoms with Crippen LogP contribution in [0.1, 0.15) is 22.6 Å². The van der Waals surface area contributed by atoms with E-state index in [0.29, 0.717) is 6.61 Å². The molecule has 0 bridgehead atoms. The van der Waals surface area contributed by atoms with Crippen LogP contribution in [0.15, 0.2) is 103 Å². The quantitative estimate of drug-likeness (QED) is 0.413.